The van der Waals surface area contributed by atoms with Gasteiger partial charge in [-0.05, 0) is 50.9 Å². The summed E-state index contributed by atoms with van der Waals surface area (Å²) in [4.78, 5) is 0. The van der Waals surface area contributed by atoms with Crippen LogP contribution in [0.1, 0.15) is 33.3 Å². The van der Waals surface area contributed by atoms with E-state index in [1.807, 2.05) is 27.7 Å². The lowest BCUT2D eigenvalue weighted by atomic mass is 9.75. The van der Waals surface area contributed by atoms with Crippen LogP contribution in [0.3, 0.4) is 0 Å². The smallest absolute Gasteiger partial charge is 0.493 e. The lowest BCUT2D eigenvalue weighted by Crippen LogP contribution is -2.41. The first-order chi connectivity index (χ1) is 9.75. The normalized spacial score (nSPS) is 19.7. The molecule has 1 N–H and O–H groups in total. The van der Waals surface area contributed by atoms with E-state index in [1.54, 1.807) is 26.4 Å². The first kappa shape index (κ1) is 16.1. The van der Waals surface area contributed by atoms with Crippen molar-refractivity contribution in [1.29, 1.82) is 0 Å². The second-order valence-electron chi connectivity index (χ2n) is 6.15. The van der Waals surface area contributed by atoms with Crippen molar-refractivity contribution in [2.24, 2.45) is 0 Å². The Balaban J connectivity index is 2.45. The molecule has 1 aliphatic rings. The number of benzene rings is 1. The highest BCUT2D eigenvalue weighted by atomic mass is 16.7. The fourth-order valence-corrected chi connectivity index (χ4v) is 2.26. The van der Waals surface area contributed by atoms with Gasteiger partial charge >= 0.3 is 7.12 Å². The zero-order chi connectivity index (χ0) is 15.8. The second-order valence-corrected chi connectivity index (χ2v) is 6.15. The highest BCUT2D eigenvalue weighted by molar-refractivity contribution is 6.62. The number of aliphatic hydroxyl groups is 1. The molecular weight excluding hydrogens is 271 g/mol. The molecule has 0 bridgehead atoms. The van der Waals surface area contributed by atoms with Gasteiger partial charge in [-0.15, -0.1) is 0 Å². The standard InChI is InChI=1S/C15H23BO5/c1-14(2)15(3,4)21-16(20-14)11-8-13(19-6)12(18-5)7-10(11)9-17/h7-8,17H,9H2,1-6H3. The van der Waals surface area contributed by atoms with Gasteiger partial charge in [0.15, 0.2) is 11.5 Å². The van der Waals surface area contributed by atoms with Crippen LogP contribution in [0.4, 0.5) is 0 Å². The lowest BCUT2D eigenvalue weighted by molar-refractivity contribution is 0.00578. The van der Waals surface area contributed by atoms with Crippen LogP contribution < -0.4 is 14.9 Å². The van der Waals surface area contributed by atoms with Gasteiger partial charge in [0.25, 0.3) is 0 Å². The number of hydrogen-bond donors (Lipinski definition) is 1. The van der Waals surface area contributed by atoms with Gasteiger partial charge in [0.1, 0.15) is 0 Å². The first-order valence-corrected chi connectivity index (χ1v) is 6.97. The van der Waals surface area contributed by atoms with Crippen LogP contribution in [0.15, 0.2) is 12.1 Å². The van der Waals surface area contributed by atoms with Crippen LogP contribution in [-0.2, 0) is 15.9 Å². The summed E-state index contributed by atoms with van der Waals surface area (Å²) in [6, 6.07) is 3.55. The summed E-state index contributed by atoms with van der Waals surface area (Å²) in [6.45, 7) is 7.84. The maximum atomic E-state index is 9.62. The fourth-order valence-electron chi connectivity index (χ4n) is 2.26. The molecule has 21 heavy (non-hydrogen) atoms. The minimum absolute atomic E-state index is 0.125. The van der Waals surface area contributed by atoms with Crippen molar-refractivity contribution in [3.63, 3.8) is 0 Å². The lowest BCUT2D eigenvalue weighted by Gasteiger charge is -2.32. The molecule has 6 heteroatoms. The molecule has 5 nitrogen and oxygen atoms in total. The zero-order valence-electron chi connectivity index (χ0n) is 13.5. The Bertz CT molecular complexity index is 511. The molecule has 0 amide bonds. The van der Waals surface area contributed by atoms with Crippen molar-refractivity contribution < 1.29 is 23.9 Å². The highest BCUT2D eigenvalue weighted by Crippen LogP contribution is 2.37. The van der Waals surface area contributed by atoms with Gasteiger partial charge < -0.3 is 23.9 Å². The van der Waals surface area contributed by atoms with Gasteiger partial charge in [0.2, 0.25) is 0 Å². The molecule has 0 atom stereocenters. The minimum Gasteiger partial charge on any atom is -0.493 e. The number of methoxy groups -OCH3 is 2. The molecule has 0 saturated carbocycles. The van der Waals surface area contributed by atoms with Crippen molar-refractivity contribution in [3.05, 3.63) is 17.7 Å². The van der Waals surface area contributed by atoms with Gasteiger partial charge in [-0.25, -0.2) is 0 Å². The van der Waals surface area contributed by atoms with Crippen LogP contribution >= 0.6 is 0 Å². The molecule has 0 unspecified atom stereocenters. The van der Waals surface area contributed by atoms with Crippen molar-refractivity contribution in [1.82, 2.24) is 0 Å². The molecule has 1 aromatic carbocycles. The van der Waals surface area contributed by atoms with Crippen LogP contribution in [0.25, 0.3) is 0 Å². The molecule has 1 saturated heterocycles. The summed E-state index contributed by atoms with van der Waals surface area (Å²) in [5, 5.41) is 9.62. The average Bonchev–Trinajstić information content (AvgIpc) is 2.65. The summed E-state index contributed by atoms with van der Waals surface area (Å²) < 4.78 is 22.7. The van der Waals surface area contributed by atoms with E-state index in [4.69, 9.17) is 18.8 Å². The average molecular weight is 294 g/mol. The maximum Gasteiger partial charge on any atom is 0.495 e. The molecule has 0 radical (unpaired) electrons. The Kier molecular flexibility index (Phi) is 4.24. The van der Waals surface area contributed by atoms with Gasteiger partial charge in [0.05, 0.1) is 32.0 Å². The summed E-state index contributed by atoms with van der Waals surface area (Å²) in [7, 11) is 2.59. The van der Waals surface area contributed by atoms with E-state index >= 15 is 0 Å². The fraction of sp³-hybridized carbons (Fsp3) is 0.600. The first-order valence-electron chi connectivity index (χ1n) is 6.97. The summed E-state index contributed by atoms with van der Waals surface area (Å²) in [6.07, 6.45) is 0. The largest absolute Gasteiger partial charge is 0.495 e. The van der Waals surface area contributed by atoms with E-state index in [0.29, 0.717) is 17.1 Å². The maximum absolute atomic E-state index is 9.62. The van der Waals surface area contributed by atoms with E-state index in [-0.39, 0.29) is 6.61 Å². The number of rotatable bonds is 4. The number of ether oxygens (including phenoxy) is 2. The van der Waals surface area contributed by atoms with Crippen LogP contribution in [0, 0.1) is 0 Å². The van der Waals surface area contributed by atoms with E-state index in [0.717, 1.165) is 5.46 Å². The molecule has 1 aliphatic heterocycles. The third kappa shape index (κ3) is 2.75. The van der Waals surface area contributed by atoms with Crippen molar-refractivity contribution in [2.75, 3.05) is 14.2 Å². The molecule has 1 fully saturated rings. The van der Waals surface area contributed by atoms with Gasteiger partial charge in [-0.2, -0.15) is 0 Å². The van der Waals surface area contributed by atoms with Crippen LogP contribution in [-0.4, -0.2) is 37.6 Å². The monoisotopic (exact) mass is 294 g/mol. The molecule has 116 valence electrons. The highest BCUT2D eigenvalue weighted by Gasteiger charge is 2.52. The zero-order valence-corrected chi connectivity index (χ0v) is 13.5. The third-order valence-electron chi connectivity index (χ3n) is 4.32. The minimum atomic E-state index is -0.544. The summed E-state index contributed by atoms with van der Waals surface area (Å²) in [5.74, 6) is 1.15. The number of aliphatic hydroxyl groups excluding tert-OH is 1. The van der Waals surface area contributed by atoms with E-state index in [1.165, 1.54) is 0 Å². The van der Waals surface area contributed by atoms with Crippen LogP contribution in [0.2, 0.25) is 0 Å². The molecule has 2 rings (SSSR count). The topological polar surface area (TPSA) is 57.2 Å². The van der Waals surface area contributed by atoms with E-state index in [9.17, 15) is 5.11 Å². The Labute approximate surface area is 126 Å². The van der Waals surface area contributed by atoms with Crippen molar-refractivity contribution in [3.8, 4) is 11.5 Å². The van der Waals surface area contributed by atoms with Crippen molar-refractivity contribution >= 4 is 12.6 Å². The van der Waals surface area contributed by atoms with Gasteiger partial charge in [0, 0.05) is 0 Å². The Hall–Kier alpha value is -1.24. The molecule has 0 aromatic heterocycles. The Morgan fingerprint density at radius 3 is 1.90 bits per heavy atom. The van der Waals surface area contributed by atoms with Crippen LogP contribution in [0.5, 0.6) is 11.5 Å². The predicted octanol–water partition coefficient (Wildman–Crippen LogP) is 1.50. The molecule has 1 aromatic rings. The quantitative estimate of drug-likeness (QED) is 0.853. The summed E-state index contributed by atoms with van der Waals surface area (Å²) in [5.41, 5.74) is 0.592. The number of hydrogen-bond acceptors (Lipinski definition) is 5. The van der Waals surface area contributed by atoms with E-state index in [2.05, 4.69) is 0 Å². The molecule has 0 aliphatic carbocycles. The summed E-state index contributed by atoms with van der Waals surface area (Å²) >= 11 is 0. The predicted molar refractivity (Wildman–Crippen MR) is 81.2 cm³/mol. The molecule has 0 spiro atoms. The molecular formula is C15H23BO5. The SMILES string of the molecule is COc1cc(CO)c(B2OC(C)(C)C(C)(C)O2)cc1OC. The Morgan fingerprint density at radius 2 is 1.48 bits per heavy atom. The third-order valence-corrected chi connectivity index (χ3v) is 4.32. The van der Waals surface area contributed by atoms with Gasteiger partial charge in [-0.3, -0.25) is 0 Å². The van der Waals surface area contributed by atoms with E-state index < -0.39 is 18.3 Å². The second kappa shape index (κ2) is 5.52. The molecule has 1 heterocycles. The van der Waals surface area contributed by atoms with Crippen molar-refractivity contribution in [2.45, 2.75) is 45.5 Å². The van der Waals surface area contributed by atoms with Gasteiger partial charge in [-0.1, -0.05) is 0 Å². The Morgan fingerprint density at radius 1 is 1.00 bits per heavy atom.